The van der Waals surface area contributed by atoms with Crippen LogP contribution in [0.3, 0.4) is 0 Å². The fourth-order valence-electron chi connectivity index (χ4n) is 5.44. The molecule has 0 saturated carbocycles. The Labute approximate surface area is 179 Å². The number of para-hydroxylation sites is 1. The molecule has 3 aliphatic rings. The molecule has 2 fully saturated rings. The van der Waals surface area contributed by atoms with Gasteiger partial charge in [-0.2, -0.15) is 0 Å². The molecule has 3 heterocycles. The first-order chi connectivity index (χ1) is 14.7. The number of carbonyl (C=O) groups is 1. The minimum atomic E-state index is 0.176. The molecule has 0 bridgehead atoms. The van der Waals surface area contributed by atoms with Gasteiger partial charge in [-0.05, 0) is 43.7 Å². The highest BCUT2D eigenvalue weighted by Gasteiger charge is 2.35. The van der Waals surface area contributed by atoms with Crippen molar-refractivity contribution in [2.75, 3.05) is 51.2 Å². The molecule has 0 aliphatic carbocycles. The van der Waals surface area contributed by atoms with Crippen LogP contribution in [0.5, 0.6) is 0 Å². The van der Waals surface area contributed by atoms with Gasteiger partial charge in [0.15, 0.2) is 0 Å². The molecule has 3 aliphatic heterocycles. The fourth-order valence-corrected chi connectivity index (χ4v) is 5.44. The first kappa shape index (κ1) is 19.6. The van der Waals surface area contributed by atoms with Crippen LogP contribution >= 0.6 is 0 Å². The molecule has 5 nitrogen and oxygen atoms in total. The van der Waals surface area contributed by atoms with Gasteiger partial charge in [0, 0.05) is 63.1 Å². The van der Waals surface area contributed by atoms with Crippen molar-refractivity contribution in [1.29, 1.82) is 0 Å². The van der Waals surface area contributed by atoms with Gasteiger partial charge in [-0.25, -0.2) is 0 Å². The monoisotopic (exact) mass is 404 g/mol. The SMILES string of the molecule is CN1CCN2c3ccccc3CN(C3CCN(C(=O)c4ccccc4)CC3)CC2C1. The van der Waals surface area contributed by atoms with Gasteiger partial charge in [-0.15, -0.1) is 0 Å². The van der Waals surface area contributed by atoms with Gasteiger partial charge in [0.25, 0.3) is 5.91 Å². The van der Waals surface area contributed by atoms with Crippen molar-refractivity contribution in [3.63, 3.8) is 0 Å². The standard InChI is InChI=1S/C25H32N4O/c1-26-15-16-29-23(18-26)19-28(17-21-9-5-6-10-24(21)29)22-11-13-27(14-12-22)25(30)20-7-3-2-4-8-20/h2-10,22-23H,11-19H2,1H3. The predicted octanol–water partition coefficient (Wildman–Crippen LogP) is 2.93. The summed E-state index contributed by atoms with van der Waals surface area (Å²) in [7, 11) is 2.24. The molecule has 0 radical (unpaired) electrons. The second kappa shape index (κ2) is 8.40. The number of fused-ring (bicyclic) bond motifs is 3. The number of hydrogen-bond donors (Lipinski definition) is 0. The Bertz CT molecular complexity index is 878. The van der Waals surface area contributed by atoms with Crippen LogP contribution < -0.4 is 4.90 Å². The molecule has 0 spiro atoms. The Morgan fingerprint density at radius 1 is 0.833 bits per heavy atom. The quantitative estimate of drug-likeness (QED) is 0.770. The predicted molar refractivity (Wildman–Crippen MR) is 121 cm³/mol. The van der Waals surface area contributed by atoms with Gasteiger partial charge in [0.1, 0.15) is 0 Å². The zero-order valence-electron chi connectivity index (χ0n) is 17.9. The number of carbonyl (C=O) groups excluding carboxylic acids is 1. The Kier molecular flexibility index (Phi) is 5.48. The van der Waals surface area contributed by atoms with Gasteiger partial charge in [0.05, 0.1) is 6.04 Å². The van der Waals surface area contributed by atoms with Gasteiger partial charge < -0.3 is 14.7 Å². The Balaban J connectivity index is 1.30. The number of rotatable bonds is 2. The van der Waals surface area contributed by atoms with E-state index in [9.17, 15) is 4.79 Å². The van der Waals surface area contributed by atoms with Crippen LogP contribution in [0.15, 0.2) is 54.6 Å². The van der Waals surface area contributed by atoms with E-state index in [1.54, 1.807) is 0 Å². The normalized spacial score (nSPS) is 23.6. The molecule has 0 N–H and O–H groups in total. The first-order valence-electron chi connectivity index (χ1n) is 11.3. The van der Waals surface area contributed by atoms with Crippen molar-refractivity contribution in [2.45, 2.75) is 31.5 Å². The summed E-state index contributed by atoms with van der Waals surface area (Å²) in [5, 5.41) is 0. The van der Waals surface area contributed by atoms with E-state index in [0.29, 0.717) is 12.1 Å². The number of likely N-dealkylation sites (N-methyl/N-ethyl adjacent to an activating group) is 1. The molecule has 1 unspecified atom stereocenters. The van der Waals surface area contributed by atoms with Crippen LogP contribution in [0.2, 0.25) is 0 Å². The van der Waals surface area contributed by atoms with E-state index in [1.165, 1.54) is 11.3 Å². The lowest BCUT2D eigenvalue weighted by Crippen LogP contribution is -2.56. The Hall–Kier alpha value is -2.37. The molecule has 30 heavy (non-hydrogen) atoms. The summed E-state index contributed by atoms with van der Waals surface area (Å²) >= 11 is 0. The second-order valence-corrected chi connectivity index (χ2v) is 9.06. The smallest absolute Gasteiger partial charge is 0.253 e. The molecular weight excluding hydrogens is 372 g/mol. The van der Waals surface area contributed by atoms with Crippen LogP contribution in [-0.4, -0.2) is 79.0 Å². The summed E-state index contributed by atoms with van der Waals surface area (Å²) in [5.41, 5.74) is 3.68. The van der Waals surface area contributed by atoms with E-state index in [0.717, 1.165) is 64.2 Å². The maximum atomic E-state index is 12.8. The van der Waals surface area contributed by atoms with Gasteiger partial charge >= 0.3 is 0 Å². The molecule has 2 aromatic rings. The summed E-state index contributed by atoms with van der Waals surface area (Å²) in [4.78, 5) is 22.7. The van der Waals surface area contributed by atoms with Crippen molar-refractivity contribution in [2.24, 2.45) is 0 Å². The summed E-state index contributed by atoms with van der Waals surface area (Å²) < 4.78 is 0. The zero-order chi connectivity index (χ0) is 20.5. The summed E-state index contributed by atoms with van der Waals surface area (Å²) in [6.07, 6.45) is 2.12. The number of piperazine rings is 1. The van der Waals surface area contributed by atoms with Crippen LogP contribution in [0.1, 0.15) is 28.8 Å². The van der Waals surface area contributed by atoms with Crippen molar-refractivity contribution in [1.82, 2.24) is 14.7 Å². The summed E-state index contributed by atoms with van der Waals surface area (Å²) in [6.45, 7) is 7.19. The van der Waals surface area contributed by atoms with E-state index < -0.39 is 0 Å². The summed E-state index contributed by atoms with van der Waals surface area (Å²) in [6, 6.07) is 19.8. The van der Waals surface area contributed by atoms with Crippen LogP contribution in [0, 0.1) is 0 Å². The summed E-state index contributed by atoms with van der Waals surface area (Å²) in [5.74, 6) is 0.176. The van der Waals surface area contributed by atoms with Gasteiger partial charge in [-0.3, -0.25) is 9.69 Å². The first-order valence-corrected chi connectivity index (χ1v) is 11.3. The third kappa shape index (κ3) is 3.84. The van der Waals surface area contributed by atoms with Crippen molar-refractivity contribution < 1.29 is 4.79 Å². The topological polar surface area (TPSA) is 30.0 Å². The number of piperidine rings is 1. The molecule has 0 aromatic heterocycles. The van der Waals surface area contributed by atoms with Crippen LogP contribution in [0.4, 0.5) is 5.69 Å². The minimum Gasteiger partial charge on any atom is -0.364 e. The second-order valence-electron chi connectivity index (χ2n) is 9.06. The highest BCUT2D eigenvalue weighted by Crippen LogP contribution is 2.32. The third-order valence-electron chi connectivity index (χ3n) is 7.09. The number of likely N-dealkylation sites (tertiary alicyclic amines) is 1. The highest BCUT2D eigenvalue weighted by atomic mass is 16.2. The number of hydrogen-bond acceptors (Lipinski definition) is 4. The molecule has 1 atom stereocenters. The van der Waals surface area contributed by atoms with Crippen LogP contribution in [0.25, 0.3) is 0 Å². The van der Waals surface area contributed by atoms with Crippen LogP contribution in [-0.2, 0) is 6.54 Å². The largest absolute Gasteiger partial charge is 0.364 e. The number of nitrogens with zero attached hydrogens (tertiary/aromatic N) is 4. The van der Waals surface area contributed by atoms with E-state index in [1.807, 2.05) is 35.2 Å². The molecular formula is C25H32N4O. The number of amides is 1. The Morgan fingerprint density at radius 3 is 2.37 bits per heavy atom. The fraction of sp³-hybridized carbons (Fsp3) is 0.480. The third-order valence-corrected chi connectivity index (χ3v) is 7.09. The Morgan fingerprint density at radius 2 is 1.57 bits per heavy atom. The highest BCUT2D eigenvalue weighted by molar-refractivity contribution is 5.94. The van der Waals surface area contributed by atoms with E-state index in [-0.39, 0.29) is 5.91 Å². The molecule has 158 valence electrons. The van der Waals surface area contributed by atoms with Gasteiger partial charge in [-0.1, -0.05) is 36.4 Å². The average molecular weight is 405 g/mol. The lowest BCUT2D eigenvalue weighted by molar-refractivity contribution is 0.0590. The lowest BCUT2D eigenvalue weighted by atomic mass is 10.0. The van der Waals surface area contributed by atoms with Crippen molar-refractivity contribution >= 4 is 11.6 Å². The molecule has 2 aromatic carbocycles. The molecule has 1 amide bonds. The average Bonchev–Trinajstić information content (AvgIpc) is 2.95. The number of anilines is 1. The van der Waals surface area contributed by atoms with E-state index in [2.05, 4.69) is 46.0 Å². The minimum absolute atomic E-state index is 0.176. The number of benzene rings is 2. The lowest BCUT2D eigenvalue weighted by Gasteiger charge is -2.43. The maximum absolute atomic E-state index is 12.8. The van der Waals surface area contributed by atoms with Gasteiger partial charge in [0.2, 0.25) is 0 Å². The molecule has 5 heteroatoms. The van der Waals surface area contributed by atoms with E-state index >= 15 is 0 Å². The van der Waals surface area contributed by atoms with Crippen molar-refractivity contribution in [3.8, 4) is 0 Å². The molecule has 2 saturated heterocycles. The zero-order valence-corrected chi connectivity index (χ0v) is 17.9. The van der Waals surface area contributed by atoms with Crippen molar-refractivity contribution in [3.05, 3.63) is 65.7 Å². The maximum Gasteiger partial charge on any atom is 0.253 e. The van der Waals surface area contributed by atoms with E-state index in [4.69, 9.17) is 0 Å². The molecule has 5 rings (SSSR count).